The number of carbonyl (C=O) groups is 1. The molecule has 5 heteroatoms. The number of piperidine rings is 1. The van der Waals surface area contributed by atoms with E-state index in [1.165, 1.54) is 6.42 Å². The van der Waals surface area contributed by atoms with Gasteiger partial charge in [-0.05, 0) is 18.8 Å². The molecule has 1 unspecified atom stereocenters. The van der Waals surface area contributed by atoms with Crippen molar-refractivity contribution in [2.24, 2.45) is 13.0 Å². The summed E-state index contributed by atoms with van der Waals surface area (Å²) in [6, 6.07) is 0.130. The van der Waals surface area contributed by atoms with Crippen LogP contribution in [0.3, 0.4) is 0 Å². The van der Waals surface area contributed by atoms with Crippen LogP contribution >= 0.6 is 0 Å². The summed E-state index contributed by atoms with van der Waals surface area (Å²) in [5.41, 5.74) is 1.07. The SMILES string of the molecule is CC1CCCN(C(=O)N(C)Cc2cnn(C)c2)C1. The fourth-order valence-electron chi connectivity index (χ4n) is 2.50. The summed E-state index contributed by atoms with van der Waals surface area (Å²) in [7, 11) is 3.74. The zero-order valence-corrected chi connectivity index (χ0v) is 11.5. The summed E-state index contributed by atoms with van der Waals surface area (Å²) in [6.45, 7) is 4.61. The molecule has 1 aliphatic rings. The molecule has 1 aliphatic heterocycles. The Hall–Kier alpha value is -1.52. The highest BCUT2D eigenvalue weighted by molar-refractivity contribution is 5.74. The zero-order valence-electron chi connectivity index (χ0n) is 11.5. The molecular formula is C13H22N4O. The second kappa shape index (κ2) is 5.42. The van der Waals surface area contributed by atoms with Gasteiger partial charge in [-0.1, -0.05) is 6.92 Å². The quantitative estimate of drug-likeness (QED) is 0.801. The minimum atomic E-state index is 0.130. The van der Waals surface area contributed by atoms with E-state index in [1.54, 1.807) is 9.58 Å². The molecule has 0 aromatic carbocycles. The number of aromatic nitrogens is 2. The van der Waals surface area contributed by atoms with Gasteiger partial charge in [-0.2, -0.15) is 5.10 Å². The predicted molar refractivity (Wildman–Crippen MR) is 70.0 cm³/mol. The van der Waals surface area contributed by atoms with E-state index in [4.69, 9.17) is 0 Å². The van der Waals surface area contributed by atoms with Crippen LogP contribution in [0.2, 0.25) is 0 Å². The number of aryl methyl sites for hydroxylation is 1. The van der Waals surface area contributed by atoms with Crippen LogP contribution in [-0.2, 0) is 13.6 Å². The predicted octanol–water partition coefficient (Wildman–Crippen LogP) is 1.70. The molecule has 1 atom stereocenters. The third kappa shape index (κ3) is 3.03. The number of hydrogen-bond acceptors (Lipinski definition) is 2. The van der Waals surface area contributed by atoms with Crippen LogP contribution in [0.15, 0.2) is 12.4 Å². The van der Waals surface area contributed by atoms with Crippen molar-refractivity contribution < 1.29 is 4.79 Å². The lowest BCUT2D eigenvalue weighted by atomic mass is 10.0. The monoisotopic (exact) mass is 250 g/mol. The topological polar surface area (TPSA) is 41.4 Å². The van der Waals surface area contributed by atoms with Crippen molar-refractivity contribution in [1.82, 2.24) is 19.6 Å². The van der Waals surface area contributed by atoms with Crippen LogP contribution in [0.25, 0.3) is 0 Å². The Morgan fingerprint density at radius 2 is 2.39 bits per heavy atom. The molecule has 2 amide bonds. The van der Waals surface area contributed by atoms with Gasteiger partial charge in [-0.25, -0.2) is 4.79 Å². The van der Waals surface area contributed by atoms with Gasteiger partial charge in [-0.3, -0.25) is 4.68 Å². The van der Waals surface area contributed by atoms with E-state index in [0.29, 0.717) is 12.5 Å². The first-order valence-electron chi connectivity index (χ1n) is 6.54. The van der Waals surface area contributed by atoms with Crippen LogP contribution in [0, 0.1) is 5.92 Å². The Balaban J connectivity index is 1.91. The Morgan fingerprint density at radius 1 is 1.61 bits per heavy atom. The van der Waals surface area contributed by atoms with E-state index in [9.17, 15) is 4.79 Å². The Bertz CT molecular complexity index is 415. The van der Waals surface area contributed by atoms with Crippen molar-refractivity contribution in [3.05, 3.63) is 18.0 Å². The summed E-state index contributed by atoms with van der Waals surface area (Å²) < 4.78 is 1.76. The standard InChI is InChI=1S/C13H22N4O/c1-11-5-4-6-17(8-11)13(18)15(2)9-12-7-14-16(3)10-12/h7,10-11H,4-6,8-9H2,1-3H3. The molecule has 1 aromatic heterocycles. The maximum atomic E-state index is 12.3. The number of likely N-dealkylation sites (tertiary alicyclic amines) is 1. The fourth-order valence-corrected chi connectivity index (χ4v) is 2.50. The fraction of sp³-hybridized carbons (Fsp3) is 0.692. The summed E-state index contributed by atoms with van der Waals surface area (Å²) in [4.78, 5) is 16.0. The third-order valence-corrected chi connectivity index (χ3v) is 3.43. The number of nitrogens with zero attached hydrogens (tertiary/aromatic N) is 4. The smallest absolute Gasteiger partial charge is 0.320 e. The molecule has 0 radical (unpaired) electrons. The van der Waals surface area contributed by atoms with Crippen LogP contribution in [0.5, 0.6) is 0 Å². The van der Waals surface area contributed by atoms with Crippen LogP contribution < -0.4 is 0 Å². The average molecular weight is 250 g/mol. The molecule has 0 aliphatic carbocycles. The number of hydrogen-bond donors (Lipinski definition) is 0. The van der Waals surface area contributed by atoms with Crippen LogP contribution in [0.4, 0.5) is 4.79 Å². The first-order chi connectivity index (χ1) is 8.56. The molecule has 18 heavy (non-hydrogen) atoms. The molecule has 1 fully saturated rings. The Kier molecular flexibility index (Phi) is 3.89. The van der Waals surface area contributed by atoms with Gasteiger partial charge in [0.1, 0.15) is 0 Å². The molecule has 2 heterocycles. The van der Waals surface area contributed by atoms with Gasteiger partial charge in [0.2, 0.25) is 0 Å². The summed E-state index contributed by atoms with van der Waals surface area (Å²) in [5, 5.41) is 4.12. The van der Waals surface area contributed by atoms with Gasteiger partial charge >= 0.3 is 6.03 Å². The van der Waals surface area contributed by atoms with Crippen molar-refractivity contribution in [2.45, 2.75) is 26.3 Å². The highest BCUT2D eigenvalue weighted by Crippen LogP contribution is 2.17. The van der Waals surface area contributed by atoms with Gasteiger partial charge in [0.15, 0.2) is 0 Å². The largest absolute Gasteiger partial charge is 0.324 e. The molecule has 2 rings (SSSR count). The van der Waals surface area contributed by atoms with Gasteiger partial charge in [-0.15, -0.1) is 0 Å². The molecule has 0 N–H and O–H groups in total. The number of carbonyl (C=O) groups excluding carboxylic acids is 1. The number of amides is 2. The lowest BCUT2D eigenvalue weighted by molar-refractivity contribution is 0.137. The normalized spacial score (nSPS) is 19.9. The van der Waals surface area contributed by atoms with E-state index in [0.717, 1.165) is 25.1 Å². The molecule has 0 bridgehead atoms. The molecule has 0 saturated carbocycles. The summed E-state index contributed by atoms with van der Waals surface area (Å²) >= 11 is 0. The Morgan fingerprint density at radius 3 is 3.00 bits per heavy atom. The first-order valence-corrected chi connectivity index (χ1v) is 6.54. The van der Waals surface area contributed by atoms with Gasteiger partial charge in [0, 0.05) is 38.9 Å². The third-order valence-electron chi connectivity index (χ3n) is 3.43. The zero-order chi connectivity index (χ0) is 13.1. The maximum Gasteiger partial charge on any atom is 0.320 e. The highest BCUT2D eigenvalue weighted by Gasteiger charge is 2.23. The summed E-state index contributed by atoms with van der Waals surface area (Å²) in [5.74, 6) is 0.620. The second-order valence-electron chi connectivity index (χ2n) is 5.35. The van der Waals surface area contributed by atoms with Crippen molar-refractivity contribution >= 4 is 6.03 Å². The molecule has 1 saturated heterocycles. The van der Waals surface area contributed by atoms with E-state index in [1.807, 2.05) is 31.4 Å². The molecule has 5 nitrogen and oxygen atoms in total. The first kappa shape index (κ1) is 12.9. The van der Waals surface area contributed by atoms with Crippen molar-refractivity contribution in [1.29, 1.82) is 0 Å². The lowest BCUT2D eigenvalue weighted by Crippen LogP contribution is -2.45. The minimum Gasteiger partial charge on any atom is -0.324 e. The number of urea groups is 1. The summed E-state index contributed by atoms with van der Waals surface area (Å²) in [6.07, 6.45) is 6.11. The van der Waals surface area contributed by atoms with Crippen molar-refractivity contribution in [2.75, 3.05) is 20.1 Å². The molecule has 100 valence electrons. The maximum absolute atomic E-state index is 12.3. The molecule has 1 aromatic rings. The highest BCUT2D eigenvalue weighted by atomic mass is 16.2. The van der Waals surface area contributed by atoms with Crippen molar-refractivity contribution in [3.8, 4) is 0 Å². The second-order valence-corrected chi connectivity index (χ2v) is 5.35. The van der Waals surface area contributed by atoms with Crippen molar-refractivity contribution in [3.63, 3.8) is 0 Å². The van der Waals surface area contributed by atoms with Gasteiger partial charge in [0.25, 0.3) is 0 Å². The van der Waals surface area contributed by atoms with E-state index in [-0.39, 0.29) is 6.03 Å². The van der Waals surface area contributed by atoms with Gasteiger partial charge < -0.3 is 9.80 Å². The van der Waals surface area contributed by atoms with Crippen LogP contribution in [-0.4, -0.2) is 45.7 Å². The molecular weight excluding hydrogens is 228 g/mol. The minimum absolute atomic E-state index is 0.130. The van der Waals surface area contributed by atoms with E-state index >= 15 is 0 Å². The average Bonchev–Trinajstić information content (AvgIpc) is 2.73. The van der Waals surface area contributed by atoms with E-state index < -0.39 is 0 Å². The molecule has 0 spiro atoms. The Labute approximate surface area is 108 Å². The van der Waals surface area contributed by atoms with Crippen LogP contribution in [0.1, 0.15) is 25.3 Å². The van der Waals surface area contributed by atoms with Gasteiger partial charge in [0.05, 0.1) is 12.7 Å². The lowest BCUT2D eigenvalue weighted by Gasteiger charge is -2.33. The van der Waals surface area contributed by atoms with E-state index in [2.05, 4.69) is 12.0 Å². The number of rotatable bonds is 2.